The molecule has 0 spiro atoms. The van der Waals surface area contributed by atoms with Crippen molar-refractivity contribution in [1.82, 2.24) is 0 Å². The molecule has 0 radical (unpaired) electrons. The highest BCUT2D eigenvalue weighted by Gasteiger charge is 2.20. The largest absolute Gasteiger partial charge is 0.399 e. The molecule has 1 aromatic rings. The molecule has 0 saturated heterocycles. The Morgan fingerprint density at radius 2 is 2.07 bits per heavy atom. The lowest BCUT2D eigenvalue weighted by Crippen LogP contribution is -2.04. The maximum atomic E-state index is 13.4. The van der Waals surface area contributed by atoms with E-state index in [1.165, 1.54) is 6.07 Å². The van der Waals surface area contributed by atoms with Gasteiger partial charge in [-0.15, -0.1) is 0 Å². The lowest BCUT2D eigenvalue weighted by molar-refractivity contribution is 0.582. The summed E-state index contributed by atoms with van der Waals surface area (Å²) in [6.07, 6.45) is 0. The lowest BCUT2D eigenvalue weighted by atomic mass is 10.1. The summed E-state index contributed by atoms with van der Waals surface area (Å²) >= 11 is 5.84. The third-order valence-corrected chi connectivity index (χ3v) is 2.51. The number of hydrogen-bond donors (Lipinski definition) is 1. The van der Waals surface area contributed by atoms with Gasteiger partial charge in [-0.2, -0.15) is 0 Å². The first-order valence-corrected chi connectivity index (χ1v) is 4.62. The van der Waals surface area contributed by atoms with E-state index in [2.05, 4.69) is 4.99 Å². The van der Waals surface area contributed by atoms with E-state index in [9.17, 15) is 8.78 Å². The Morgan fingerprint density at radius 1 is 1.33 bits per heavy atom. The van der Waals surface area contributed by atoms with Crippen molar-refractivity contribution in [2.24, 2.45) is 10.7 Å². The smallest absolute Gasteiger partial charge is 0.135 e. The summed E-state index contributed by atoms with van der Waals surface area (Å²) in [5.41, 5.74) is 6.37. The van der Waals surface area contributed by atoms with E-state index in [0.717, 1.165) is 12.1 Å². The van der Waals surface area contributed by atoms with Crippen molar-refractivity contribution in [3.63, 3.8) is 0 Å². The highest BCUT2D eigenvalue weighted by molar-refractivity contribution is 6.47. The zero-order valence-corrected chi connectivity index (χ0v) is 8.35. The summed E-state index contributed by atoms with van der Waals surface area (Å²) in [5, 5.41) is 0.237. The van der Waals surface area contributed by atoms with E-state index >= 15 is 0 Å². The second-order valence-electron chi connectivity index (χ2n) is 3.13. The Hall–Kier alpha value is -1.42. The van der Waals surface area contributed by atoms with Gasteiger partial charge in [0.25, 0.3) is 0 Å². The lowest BCUT2D eigenvalue weighted by Gasteiger charge is -2.03. The molecule has 0 amide bonds. The monoisotopic (exact) mass is 228 g/mol. The van der Waals surface area contributed by atoms with Crippen LogP contribution in [0.4, 0.5) is 8.78 Å². The van der Waals surface area contributed by atoms with Crippen LogP contribution >= 0.6 is 11.6 Å². The minimum atomic E-state index is -0.693. The van der Waals surface area contributed by atoms with E-state index in [-0.39, 0.29) is 22.9 Å². The first-order chi connectivity index (χ1) is 7.09. The summed E-state index contributed by atoms with van der Waals surface area (Å²) in [5.74, 6) is -1.33. The molecular formula is C10H7ClF2N2. The van der Waals surface area contributed by atoms with Crippen LogP contribution in [0.15, 0.2) is 33.9 Å². The van der Waals surface area contributed by atoms with Gasteiger partial charge in [0.15, 0.2) is 0 Å². The summed E-state index contributed by atoms with van der Waals surface area (Å²) in [6.45, 7) is 0.255. The summed E-state index contributed by atoms with van der Waals surface area (Å²) < 4.78 is 26.0. The molecule has 0 aromatic heterocycles. The first-order valence-electron chi connectivity index (χ1n) is 4.24. The second-order valence-corrected chi connectivity index (χ2v) is 3.51. The van der Waals surface area contributed by atoms with Crippen molar-refractivity contribution in [3.8, 4) is 0 Å². The summed E-state index contributed by atoms with van der Waals surface area (Å²) in [7, 11) is 0. The van der Waals surface area contributed by atoms with Crippen molar-refractivity contribution >= 4 is 17.3 Å². The van der Waals surface area contributed by atoms with Gasteiger partial charge in [0, 0.05) is 11.6 Å². The Balaban J connectivity index is 2.48. The first kappa shape index (κ1) is 10.1. The number of hydrogen-bond acceptors (Lipinski definition) is 2. The van der Waals surface area contributed by atoms with Crippen molar-refractivity contribution < 1.29 is 8.78 Å². The third-order valence-electron chi connectivity index (χ3n) is 2.08. The average molecular weight is 229 g/mol. The van der Waals surface area contributed by atoms with Crippen LogP contribution < -0.4 is 5.73 Å². The molecular weight excluding hydrogens is 222 g/mol. The van der Waals surface area contributed by atoms with Crippen LogP contribution in [-0.2, 0) is 0 Å². The van der Waals surface area contributed by atoms with Crippen LogP contribution in [0.25, 0.3) is 0 Å². The predicted octanol–water partition coefficient (Wildman–Crippen LogP) is 2.18. The van der Waals surface area contributed by atoms with Crippen LogP contribution in [0.2, 0.25) is 0 Å². The number of allylic oxidation sites excluding steroid dienone is 1. The van der Waals surface area contributed by atoms with Gasteiger partial charge in [0.2, 0.25) is 0 Å². The van der Waals surface area contributed by atoms with E-state index in [1.54, 1.807) is 0 Å². The Kier molecular flexibility index (Phi) is 2.44. The van der Waals surface area contributed by atoms with Crippen molar-refractivity contribution in [2.45, 2.75) is 0 Å². The molecule has 15 heavy (non-hydrogen) atoms. The second kappa shape index (κ2) is 3.62. The molecule has 78 valence electrons. The molecule has 1 heterocycles. The highest BCUT2D eigenvalue weighted by Crippen LogP contribution is 2.23. The number of aliphatic imine (C=N–C) groups is 1. The highest BCUT2D eigenvalue weighted by atomic mass is 35.5. The fraction of sp³-hybridized carbons (Fsp3) is 0.100. The number of benzene rings is 1. The van der Waals surface area contributed by atoms with Crippen LogP contribution in [0.5, 0.6) is 0 Å². The molecule has 0 aliphatic carbocycles. The molecule has 0 fully saturated rings. The third kappa shape index (κ3) is 1.72. The quantitative estimate of drug-likeness (QED) is 0.786. The zero-order valence-electron chi connectivity index (χ0n) is 7.60. The number of halogens is 3. The summed E-state index contributed by atoms with van der Waals surface area (Å²) in [4.78, 5) is 3.98. The van der Waals surface area contributed by atoms with Gasteiger partial charge in [0.05, 0.1) is 23.0 Å². The van der Waals surface area contributed by atoms with Gasteiger partial charge in [-0.25, -0.2) is 8.78 Å². The van der Waals surface area contributed by atoms with Crippen molar-refractivity contribution in [3.05, 3.63) is 46.1 Å². The number of nitrogens with two attached hydrogens (primary N) is 1. The van der Waals surface area contributed by atoms with Crippen LogP contribution in [0.1, 0.15) is 5.56 Å². The Morgan fingerprint density at radius 3 is 2.60 bits per heavy atom. The fourth-order valence-corrected chi connectivity index (χ4v) is 1.56. The molecule has 2 nitrogen and oxygen atoms in total. The normalized spacial score (nSPS) is 15.8. The summed E-state index contributed by atoms with van der Waals surface area (Å²) in [6, 6.07) is 3.24. The van der Waals surface area contributed by atoms with E-state index in [4.69, 9.17) is 17.3 Å². The van der Waals surface area contributed by atoms with Crippen LogP contribution in [0.3, 0.4) is 0 Å². The molecule has 1 aliphatic heterocycles. The molecule has 1 aromatic carbocycles. The van der Waals surface area contributed by atoms with Crippen LogP contribution in [0, 0.1) is 11.6 Å². The predicted molar refractivity (Wildman–Crippen MR) is 54.8 cm³/mol. The Labute approximate surface area is 90.1 Å². The van der Waals surface area contributed by atoms with Crippen LogP contribution in [-0.4, -0.2) is 12.3 Å². The molecule has 0 bridgehead atoms. The number of rotatable bonds is 1. The van der Waals surface area contributed by atoms with Crippen molar-refractivity contribution in [2.75, 3.05) is 6.54 Å². The molecule has 1 aliphatic rings. The maximum absolute atomic E-state index is 13.4. The van der Waals surface area contributed by atoms with Crippen molar-refractivity contribution in [1.29, 1.82) is 0 Å². The average Bonchev–Trinajstić information content (AvgIpc) is 2.49. The SMILES string of the molecule is NC1=C(Cl)C(c2ccc(F)cc2F)=NC1. The van der Waals surface area contributed by atoms with Gasteiger partial charge >= 0.3 is 0 Å². The van der Waals surface area contributed by atoms with Gasteiger partial charge in [-0.3, -0.25) is 4.99 Å². The molecule has 0 atom stereocenters. The fourth-order valence-electron chi connectivity index (χ4n) is 1.34. The standard InChI is InChI=1S/C10H7ClF2N2/c11-9-8(14)4-15-10(9)6-2-1-5(12)3-7(6)13/h1-3H,4,14H2. The minimum Gasteiger partial charge on any atom is -0.399 e. The molecule has 5 heteroatoms. The van der Waals surface area contributed by atoms with E-state index in [1.807, 2.05) is 0 Å². The topological polar surface area (TPSA) is 38.4 Å². The Bertz CT molecular complexity index is 480. The minimum absolute atomic E-state index is 0.168. The van der Waals surface area contributed by atoms with Gasteiger partial charge < -0.3 is 5.73 Å². The molecule has 0 saturated carbocycles. The molecule has 2 N–H and O–H groups in total. The number of nitrogens with zero attached hydrogens (tertiary/aromatic N) is 1. The molecule has 2 rings (SSSR count). The van der Waals surface area contributed by atoms with Gasteiger partial charge in [0.1, 0.15) is 11.6 Å². The van der Waals surface area contributed by atoms with Gasteiger partial charge in [-0.1, -0.05) is 11.6 Å². The maximum Gasteiger partial charge on any atom is 0.135 e. The van der Waals surface area contributed by atoms with Gasteiger partial charge in [-0.05, 0) is 12.1 Å². The molecule has 0 unspecified atom stereocenters. The van der Waals surface area contributed by atoms with E-state index < -0.39 is 11.6 Å². The zero-order chi connectivity index (χ0) is 11.0. The van der Waals surface area contributed by atoms with E-state index in [0.29, 0.717) is 5.70 Å².